The van der Waals surface area contributed by atoms with Crippen LogP contribution in [-0.2, 0) is 0 Å². The highest BCUT2D eigenvalue weighted by atomic mass is 16.5. The van der Waals surface area contributed by atoms with Crippen LogP contribution in [0.4, 0.5) is 0 Å². The number of methoxy groups -OCH3 is 2. The summed E-state index contributed by atoms with van der Waals surface area (Å²) in [6.45, 7) is 3.16. The summed E-state index contributed by atoms with van der Waals surface area (Å²) in [6, 6.07) is 6.63. The van der Waals surface area contributed by atoms with Crippen molar-refractivity contribution in [3.8, 4) is 11.5 Å². The molecule has 1 fully saturated rings. The average Bonchev–Trinajstić information content (AvgIpc) is 2.52. The molecule has 0 bridgehead atoms. The predicted molar refractivity (Wildman–Crippen MR) is 82.5 cm³/mol. The minimum absolute atomic E-state index is 0.407. The average molecular weight is 277 g/mol. The molecule has 0 amide bonds. The number of benzene rings is 1. The van der Waals surface area contributed by atoms with Crippen molar-refractivity contribution in [2.75, 3.05) is 20.8 Å². The maximum Gasteiger partial charge on any atom is 0.122 e. The van der Waals surface area contributed by atoms with E-state index in [-0.39, 0.29) is 0 Å². The van der Waals surface area contributed by atoms with Gasteiger partial charge in [0.05, 0.1) is 14.2 Å². The lowest BCUT2D eigenvalue weighted by atomic mass is 9.81. The van der Waals surface area contributed by atoms with Gasteiger partial charge in [0.2, 0.25) is 0 Å². The molecule has 1 N–H and O–H groups in total. The lowest BCUT2D eigenvalue weighted by Crippen LogP contribution is -2.29. The molecule has 3 nitrogen and oxygen atoms in total. The van der Waals surface area contributed by atoms with Gasteiger partial charge in [-0.2, -0.15) is 0 Å². The van der Waals surface area contributed by atoms with Crippen LogP contribution >= 0.6 is 0 Å². The van der Waals surface area contributed by atoms with Gasteiger partial charge in [-0.3, -0.25) is 0 Å². The monoisotopic (exact) mass is 277 g/mol. The maximum atomic E-state index is 5.41. The lowest BCUT2D eigenvalue weighted by Gasteiger charge is -2.31. The molecule has 0 radical (unpaired) electrons. The summed E-state index contributed by atoms with van der Waals surface area (Å²) >= 11 is 0. The smallest absolute Gasteiger partial charge is 0.122 e. The molecule has 0 aromatic heterocycles. The summed E-state index contributed by atoms with van der Waals surface area (Å²) in [5.41, 5.74) is 1.29. The van der Waals surface area contributed by atoms with Gasteiger partial charge >= 0.3 is 0 Å². The zero-order valence-electron chi connectivity index (χ0n) is 12.9. The van der Waals surface area contributed by atoms with E-state index in [2.05, 4.69) is 24.4 Å². The third-order valence-corrected chi connectivity index (χ3v) is 4.28. The van der Waals surface area contributed by atoms with Gasteiger partial charge < -0.3 is 14.8 Å². The molecule has 1 unspecified atom stereocenters. The summed E-state index contributed by atoms with van der Waals surface area (Å²) in [5, 5.41) is 3.66. The number of hydrogen-bond donors (Lipinski definition) is 1. The molecule has 20 heavy (non-hydrogen) atoms. The van der Waals surface area contributed by atoms with Crippen molar-refractivity contribution in [2.24, 2.45) is 5.92 Å². The van der Waals surface area contributed by atoms with E-state index in [1.165, 1.54) is 37.7 Å². The van der Waals surface area contributed by atoms with E-state index in [4.69, 9.17) is 9.47 Å². The number of nitrogens with one attached hydrogen (secondary N) is 1. The van der Waals surface area contributed by atoms with E-state index in [0.29, 0.717) is 6.04 Å². The fourth-order valence-electron chi connectivity index (χ4n) is 3.25. The normalized spacial score (nSPS) is 17.8. The highest BCUT2D eigenvalue weighted by Crippen LogP contribution is 2.37. The minimum Gasteiger partial charge on any atom is -0.497 e. The molecular weight excluding hydrogens is 250 g/mol. The largest absolute Gasteiger partial charge is 0.497 e. The zero-order valence-corrected chi connectivity index (χ0v) is 12.9. The molecule has 0 saturated heterocycles. The van der Waals surface area contributed by atoms with E-state index in [0.717, 1.165) is 24.0 Å². The van der Waals surface area contributed by atoms with Crippen LogP contribution in [0.25, 0.3) is 0 Å². The minimum atomic E-state index is 0.407. The Kier molecular flexibility index (Phi) is 5.72. The lowest BCUT2D eigenvalue weighted by molar-refractivity contribution is 0.273. The van der Waals surface area contributed by atoms with Crippen LogP contribution in [0.1, 0.15) is 50.6 Å². The van der Waals surface area contributed by atoms with Crippen molar-refractivity contribution in [1.29, 1.82) is 0 Å². The van der Waals surface area contributed by atoms with Crippen molar-refractivity contribution in [1.82, 2.24) is 5.32 Å². The third kappa shape index (κ3) is 3.66. The molecule has 0 heterocycles. The third-order valence-electron chi connectivity index (χ3n) is 4.28. The molecule has 1 aromatic rings. The standard InChI is InChI=1S/C17H27NO2/c1-4-18-17(13-8-6-5-7-9-13)14-10-15(19-2)12-16(11-14)20-3/h10-13,17-18H,4-9H2,1-3H3. The van der Waals surface area contributed by atoms with Crippen LogP contribution < -0.4 is 14.8 Å². The van der Waals surface area contributed by atoms with E-state index in [1.807, 2.05) is 6.07 Å². The number of rotatable bonds is 6. The molecule has 1 aromatic carbocycles. The molecular formula is C17H27NO2. The highest BCUT2D eigenvalue weighted by Gasteiger charge is 2.25. The Labute approximate surface area is 122 Å². The molecule has 112 valence electrons. The van der Waals surface area contributed by atoms with Gasteiger partial charge in [-0.05, 0) is 43.0 Å². The van der Waals surface area contributed by atoms with Crippen LogP contribution in [0, 0.1) is 5.92 Å². The van der Waals surface area contributed by atoms with Crippen LogP contribution in [0.2, 0.25) is 0 Å². The first-order valence-corrected chi connectivity index (χ1v) is 7.74. The van der Waals surface area contributed by atoms with Gasteiger partial charge in [0.25, 0.3) is 0 Å². The fraction of sp³-hybridized carbons (Fsp3) is 0.647. The van der Waals surface area contributed by atoms with Crippen molar-refractivity contribution in [2.45, 2.75) is 45.1 Å². The second-order valence-corrected chi connectivity index (χ2v) is 5.58. The number of ether oxygens (including phenoxy) is 2. The Bertz CT molecular complexity index is 391. The molecule has 0 spiro atoms. The van der Waals surface area contributed by atoms with Gasteiger partial charge in [0, 0.05) is 12.1 Å². The maximum absolute atomic E-state index is 5.41. The molecule has 0 aliphatic heterocycles. The van der Waals surface area contributed by atoms with Crippen LogP contribution in [0.3, 0.4) is 0 Å². The summed E-state index contributed by atoms with van der Waals surface area (Å²) in [6.07, 6.45) is 6.73. The van der Waals surface area contributed by atoms with E-state index >= 15 is 0 Å². The summed E-state index contributed by atoms with van der Waals surface area (Å²) < 4.78 is 10.8. The molecule has 2 rings (SSSR count). The van der Waals surface area contributed by atoms with Crippen molar-refractivity contribution < 1.29 is 9.47 Å². The van der Waals surface area contributed by atoms with Crippen molar-refractivity contribution in [3.63, 3.8) is 0 Å². The zero-order chi connectivity index (χ0) is 14.4. The molecule has 1 aliphatic rings. The Morgan fingerprint density at radius 3 is 2.15 bits per heavy atom. The first-order valence-electron chi connectivity index (χ1n) is 7.74. The molecule has 3 heteroatoms. The SMILES string of the molecule is CCNC(c1cc(OC)cc(OC)c1)C1CCCCC1. The Morgan fingerprint density at radius 1 is 1.05 bits per heavy atom. The quantitative estimate of drug-likeness (QED) is 0.854. The Hall–Kier alpha value is -1.22. The van der Waals surface area contributed by atoms with E-state index < -0.39 is 0 Å². The van der Waals surface area contributed by atoms with Crippen molar-refractivity contribution >= 4 is 0 Å². The number of hydrogen-bond acceptors (Lipinski definition) is 3. The molecule has 1 aliphatic carbocycles. The van der Waals surface area contributed by atoms with Gasteiger partial charge in [-0.25, -0.2) is 0 Å². The summed E-state index contributed by atoms with van der Waals surface area (Å²) in [7, 11) is 3.42. The second kappa shape index (κ2) is 7.53. The first-order chi connectivity index (χ1) is 9.78. The van der Waals surface area contributed by atoms with Gasteiger partial charge in [0.15, 0.2) is 0 Å². The van der Waals surface area contributed by atoms with Gasteiger partial charge in [0.1, 0.15) is 11.5 Å². The van der Waals surface area contributed by atoms with E-state index in [1.54, 1.807) is 14.2 Å². The predicted octanol–water partition coefficient (Wildman–Crippen LogP) is 3.93. The van der Waals surface area contributed by atoms with Crippen LogP contribution in [-0.4, -0.2) is 20.8 Å². The molecule has 1 saturated carbocycles. The second-order valence-electron chi connectivity index (χ2n) is 5.58. The summed E-state index contributed by atoms with van der Waals surface area (Å²) in [5.74, 6) is 2.47. The Morgan fingerprint density at radius 2 is 1.65 bits per heavy atom. The van der Waals surface area contributed by atoms with Gasteiger partial charge in [-0.15, -0.1) is 0 Å². The first kappa shape index (κ1) is 15.2. The molecule has 1 atom stereocenters. The Balaban J connectivity index is 2.27. The topological polar surface area (TPSA) is 30.5 Å². The highest BCUT2D eigenvalue weighted by molar-refractivity contribution is 5.40. The fourth-order valence-corrected chi connectivity index (χ4v) is 3.25. The van der Waals surface area contributed by atoms with Gasteiger partial charge in [-0.1, -0.05) is 26.2 Å². The van der Waals surface area contributed by atoms with Crippen LogP contribution in [0.5, 0.6) is 11.5 Å². The van der Waals surface area contributed by atoms with Crippen molar-refractivity contribution in [3.05, 3.63) is 23.8 Å². The van der Waals surface area contributed by atoms with E-state index in [9.17, 15) is 0 Å². The summed E-state index contributed by atoms with van der Waals surface area (Å²) in [4.78, 5) is 0. The van der Waals surface area contributed by atoms with Crippen LogP contribution in [0.15, 0.2) is 18.2 Å².